The Morgan fingerprint density at radius 2 is 1.52 bits per heavy atom. The number of carbonyl (C=O) groups excluding carboxylic acids is 2. The summed E-state index contributed by atoms with van der Waals surface area (Å²) in [4.78, 5) is 29.6. The van der Waals surface area contributed by atoms with Crippen molar-refractivity contribution >= 4 is 23.6 Å². The summed E-state index contributed by atoms with van der Waals surface area (Å²) in [6.07, 6.45) is 2.57. The molecule has 0 bridgehead atoms. The number of piperazine rings is 1. The van der Waals surface area contributed by atoms with Gasteiger partial charge in [0.2, 0.25) is 5.91 Å². The van der Waals surface area contributed by atoms with Crippen LogP contribution in [-0.2, 0) is 4.79 Å². The summed E-state index contributed by atoms with van der Waals surface area (Å²) in [5.74, 6) is 0.245. The minimum Gasteiger partial charge on any atom is -0.339 e. The Labute approximate surface area is 143 Å². The van der Waals surface area contributed by atoms with Crippen molar-refractivity contribution in [3.63, 3.8) is 0 Å². The van der Waals surface area contributed by atoms with Crippen LogP contribution >= 0.6 is 11.8 Å². The highest BCUT2D eigenvalue weighted by Gasteiger charge is 2.27. The minimum atomic E-state index is 0.00305. The van der Waals surface area contributed by atoms with Gasteiger partial charge in [0.15, 0.2) is 0 Å². The molecule has 0 N–H and O–H groups in total. The molecule has 4 nitrogen and oxygen atoms in total. The predicted molar refractivity (Wildman–Crippen MR) is 94.8 cm³/mol. The average Bonchev–Trinajstić information content (AvgIpc) is 2.53. The first-order valence-electron chi connectivity index (χ1n) is 8.01. The highest BCUT2D eigenvalue weighted by atomic mass is 32.2. The summed E-state index contributed by atoms with van der Waals surface area (Å²) < 4.78 is 0. The van der Waals surface area contributed by atoms with Crippen molar-refractivity contribution in [3.8, 4) is 0 Å². The molecule has 0 unspecified atom stereocenters. The zero-order chi connectivity index (χ0) is 17.0. The zero-order valence-corrected chi connectivity index (χ0v) is 15.3. The van der Waals surface area contributed by atoms with Gasteiger partial charge in [-0.2, -0.15) is 0 Å². The number of thioether (sulfide) groups is 1. The Kier molecular flexibility index (Phi) is 5.74. The molecule has 0 radical (unpaired) electrons. The van der Waals surface area contributed by atoms with E-state index in [0.717, 1.165) is 10.5 Å². The molecule has 1 fully saturated rings. The van der Waals surface area contributed by atoms with Crippen LogP contribution in [0.5, 0.6) is 0 Å². The monoisotopic (exact) mass is 334 g/mol. The van der Waals surface area contributed by atoms with E-state index < -0.39 is 0 Å². The maximum atomic E-state index is 12.5. The van der Waals surface area contributed by atoms with Gasteiger partial charge in [0.1, 0.15) is 0 Å². The van der Waals surface area contributed by atoms with Crippen molar-refractivity contribution in [2.24, 2.45) is 5.41 Å². The molecule has 2 amide bonds. The number of benzene rings is 1. The Morgan fingerprint density at radius 1 is 1.00 bits per heavy atom. The van der Waals surface area contributed by atoms with Crippen LogP contribution in [0.3, 0.4) is 0 Å². The van der Waals surface area contributed by atoms with Gasteiger partial charge in [-0.05, 0) is 35.9 Å². The number of amides is 2. The zero-order valence-electron chi connectivity index (χ0n) is 14.5. The van der Waals surface area contributed by atoms with Gasteiger partial charge in [-0.25, -0.2) is 0 Å². The van der Waals surface area contributed by atoms with Gasteiger partial charge in [0.05, 0.1) is 0 Å². The van der Waals surface area contributed by atoms with Crippen molar-refractivity contribution in [2.45, 2.75) is 32.1 Å². The molecular formula is C18H26N2O2S. The standard InChI is InChI=1S/C18H26N2O2S/c1-18(2,3)13-16(21)19-9-11-20(12-10-19)17(22)14-5-7-15(23-4)8-6-14/h5-8H,9-13H2,1-4H3. The Hall–Kier alpha value is -1.49. The Balaban J connectivity index is 1.90. The summed E-state index contributed by atoms with van der Waals surface area (Å²) in [5.41, 5.74) is 0.723. The smallest absolute Gasteiger partial charge is 0.253 e. The van der Waals surface area contributed by atoms with Crippen molar-refractivity contribution in [3.05, 3.63) is 29.8 Å². The summed E-state index contributed by atoms with van der Waals surface area (Å²) in [7, 11) is 0. The normalized spacial score (nSPS) is 15.7. The van der Waals surface area contributed by atoms with E-state index in [0.29, 0.717) is 32.6 Å². The summed E-state index contributed by atoms with van der Waals surface area (Å²) >= 11 is 1.66. The van der Waals surface area contributed by atoms with Crippen LogP contribution in [0.15, 0.2) is 29.2 Å². The molecule has 1 aromatic rings. The molecule has 1 aliphatic rings. The van der Waals surface area contributed by atoms with Crippen LogP contribution in [0, 0.1) is 5.41 Å². The van der Waals surface area contributed by atoms with Gasteiger partial charge >= 0.3 is 0 Å². The first-order valence-corrected chi connectivity index (χ1v) is 9.24. The lowest BCUT2D eigenvalue weighted by Crippen LogP contribution is -2.51. The van der Waals surface area contributed by atoms with Gasteiger partial charge in [-0.3, -0.25) is 9.59 Å². The molecule has 0 aromatic heterocycles. The van der Waals surface area contributed by atoms with Crippen LogP contribution in [0.1, 0.15) is 37.6 Å². The van der Waals surface area contributed by atoms with E-state index >= 15 is 0 Å². The molecule has 5 heteroatoms. The third-order valence-corrected chi connectivity index (χ3v) is 4.68. The van der Waals surface area contributed by atoms with Gasteiger partial charge < -0.3 is 9.80 Å². The molecular weight excluding hydrogens is 308 g/mol. The quantitative estimate of drug-likeness (QED) is 0.798. The van der Waals surface area contributed by atoms with Crippen molar-refractivity contribution in [2.75, 3.05) is 32.4 Å². The Morgan fingerprint density at radius 3 is 2.00 bits per heavy atom. The summed E-state index contributed by atoms with van der Waals surface area (Å²) in [6, 6.07) is 7.71. The SMILES string of the molecule is CSc1ccc(C(=O)N2CCN(C(=O)CC(C)(C)C)CC2)cc1. The topological polar surface area (TPSA) is 40.6 Å². The van der Waals surface area contributed by atoms with Crippen molar-refractivity contribution in [1.82, 2.24) is 9.80 Å². The molecule has 1 saturated heterocycles. The molecule has 0 spiro atoms. The maximum Gasteiger partial charge on any atom is 0.253 e. The molecule has 23 heavy (non-hydrogen) atoms. The van der Waals surface area contributed by atoms with E-state index in [-0.39, 0.29) is 17.2 Å². The van der Waals surface area contributed by atoms with E-state index in [1.165, 1.54) is 0 Å². The lowest BCUT2D eigenvalue weighted by Gasteiger charge is -2.36. The van der Waals surface area contributed by atoms with Crippen LogP contribution in [0.4, 0.5) is 0 Å². The average molecular weight is 334 g/mol. The molecule has 0 atom stereocenters. The van der Waals surface area contributed by atoms with E-state index in [1.807, 2.05) is 40.3 Å². The maximum absolute atomic E-state index is 12.5. The van der Waals surface area contributed by atoms with Crippen LogP contribution < -0.4 is 0 Å². The molecule has 1 heterocycles. The highest BCUT2D eigenvalue weighted by molar-refractivity contribution is 7.98. The van der Waals surface area contributed by atoms with Crippen LogP contribution in [0.25, 0.3) is 0 Å². The number of carbonyl (C=O) groups is 2. The second-order valence-electron chi connectivity index (χ2n) is 7.14. The Bertz CT molecular complexity index is 555. The molecule has 1 aromatic carbocycles. The number of rotatable bonds is 3. The van der Waals surface area contributed by atoms with Gasteiger partial charge in [0.25, 0.3) is 5.91 Å². The molecule has 2 rings (SSSR count). The largest absolute Gasteiger partial charge is 0.339 e. The molecule has 0 saturated carbocycles. The number of hydrogen-bond donors (Lipinski definition) is 0. The summed E-state index contributed by atoms with van der Waals surface area (Å²) in [6.45, 7) is 8.69. The first-order chi connectivity index (χ1) is 10.8. The van der Waals surface area contributed by atoms with Crippen LogP contribution in [-0.4, -0.2) is 54.0 Å². The van der Waals surface area contributed by atoms with E-state index in [9.17, 15) is 9.59 Å². The van der Waals surface area contributed by atoms with Crippen LogP contribution in [0.2, 0.25) is 0 Å². The van der Waals surface area contributed by atoms with E-state index in [4.69, 9.17) is 0 Å². The van der Waals surface area contributed by atoms with Crippen molar-refractivity contribution < 1.29 is 9.59 Å². The lowest BCUT2D eigenvalue weighted by atomic mass is 9.91. The van der Waals surface area contributed by atoms with Gasteiger partial charge in [-0.15, -0.1) is 11.8 Å². The molecule has 1 aliphatic heterocycles. The fourth-order valence-corrected chi connectivity index (χ4v) is 3.05. The fraction of sp³-hybridized carbons (Fsp3) is 0.556. The lowest BCUT2D eigenvalue weighted by molar-refractivity contribution is -0.134. The molecule has 126 valence electrons. The first kappa shape index (κ1) is 17.9. The third-order valence-electron chi connectivity index (χ3n) is 3.94. The fourth-order valence-electron chi connectivity index (χ4n) is 2.64. The minimum absolute atomic E-state index is 0.00305. The second kappa shape index (κ2) is 7.39. The highest BCUT2D eigenvalue weighted by Crippen LogP contribution is 2.21. The van der Waals surface area contributed by atoms with E-state index in [2.05, 4.69) is 20.8 Å². The number of nitrogens with zero attached hydrogens (tertiary/aromatic N) is 2. The predicted octanol–water partition coefficient (Wildman–Crippen LogP) is 3.13. The van der Waals surface area contributed by atoms with Crippen molar-refractivity contribution in [1.29, 1.82) is 0 Å². The molecule has 0 aliphatic carbocycles. The van der Waals surface area contributed by atoms with Gasteiger partial charge in [-0.1, -0.05) is 20.8 Å². The summed E-state index contributed by atoms with van der Waals surface area (Å²) in [5, 5.41) is 0. The third kappa shape index (κ3) is 4.99. The number of hydrogen-bond acceptors (Lipinski definition) is 3. The second-order valence-corrected chi connectivity index (χ2v) is 8.02. The van der Waals surface area contributed by atoms with Gasteiger partial charge in [0, 0.05) is 43.1 Å². The van der Waals surface area contributed by atoms with E-state index in [1.54, 1.807) is 11.8 Å².